The van der Waals surface area contributed by atoms with Crippen molar-refractivity contribution in [2.75, 3.05) is 0 Å². The second kappa shape index (κ2) is 5.11. The van der Waals surface area contributed by atoms with E-state index in [0.29, 0.717) is 11.7 Å². The van der Waals surface area contributed by atoms with Crippen LogP contribution < -0.4 is 0 Å². The van der Waals surface area contributed by atoms with Crippen molar-refractivity contribution in [3.8, 4) is 0 Å². The Kier molecular flexibility index (Phi) is 4.32. The molecule has 0 aromatic heterocycles. The Balaban J connectivity index is 2.53. The van der Waals surface area contributed by atoms with E-state index in [0.717, 1.165) is 6.42 Å². The van der Waals surface area contributed by atoms with Crippen molar-refractivity contribution < 1.29 is 9.90 Å². The number of unbranched alkanes of at least 4 members (excludes halogenated alkanes) is 1. The fraction of sp³-hybridized carbons (Fsp3) is 0.923. The fourth-order valence-electron chi connectivity index (χ4n) is 2.66. The number of Topliss-reactive ketones (excluding diaryl/α,β-unsaturated/α-hetero) is 1. The van der Waals surface area contributed by atoms with Crippen LogP contribution in [0.2, 0.25) is 0 Å². The predicted molar refractivity (Wildman–Crippen MR) is 61.5 cm³/mol. The molecule has 1 saturated carbocycles. The van der Waals surface area contributed by atoms with Crippen molar-refractivity contribution in [2.45, 2.75) is 53.1 Å². The van der Waals surface area contributed by atoms with Crippen LogP contribution in [-0.4, -0.2) is 17.0 Å². The number of aliphatic hydroxyl groups excluding tert-OH is 1. The normalized spacial score (nSPS) is 31.7. The van der Waals surface area contributed by atoms with Gasteiger partial charge in [-0.15, -0.1) is 0 Å². The molecule has 4 atom stereocenters. The summed E-state index contributed by atoms with van der Waals surface area (Å²) in [5, 5.41) is 9.61. The third-order valence-electron chi connectivity index (χ3n) is 3.58. The third kappa shape index (κ3) is 2.81. The van der Waals surface area contributed by atoms with Crippen LogP contribution in [-0.2, 0) is 4.79 Å². The van der Waals surface area contributed by atoms with E-state index < -0.39 is 0 Å². The van der Waals surface area contributed by atoms with E-state index in [1.165, 1.54) is 12.8 Å². The lowest BCUT2D eigenvalue weighted by molar-refractivity contribution is -0.124. The molecule has 0 bridgehead atoms. The standard InChI is InChI=1S/C13H24O2/c1-5-6-7-10-11(9(4)14)12(10)13(15)8(2)3/h8-12,14H,5-7H2,1-4H3/t9-,10+,11-,12-/m1/s1. The number of aliphatic hydroxyl groups is 1. The Hall–Kier alpha value is -0.370. The van der Waals surface area contributed by atoms with Gasteiger partial charge < -0.3 is 5.11 Å². The minimum absolute atomic E-state index is 0.114. The molecule has 0 aromatic rings. The molecule has 0 aromatic carbocycles. The van der Waals surface area contributed by atoms with Gasteiger partial charge in [0.15, 0.2) is 0 Å². The number of rotatable bonds is 6. The Morgan fingerprint density at radius 1 is 1.33 bits per heavy atom. The van der Waals surface area contributed by atoms with Gasteiger partial charge in [-0.25, -0.2) is 0 Å². The summed E-state index contributed by atoms with van der Waals surface area (Å²) >= 11 is 0. The lowest BCUT2D eigenvalue weighted by atomic mass is 10.0. The van der Waals surface area contributed by atoms with Gasteiger partial charge in [-0.05, 0) is 25.2 Å². The number of carbonyl (C=O) groups excluding carboxylic acids is 1. The summed E-state index contributed by atoms with van der Waals surface area (Å²) in [5.41, 5.74) is 0. The van der Waals surface area contributed by atoms with Gasteiger partial charge in [0.25, 0.3) is 0 Å². The summed E-state index contributed by atoms with van der Waals surface area (Å²) in [4.78, 5) is 11.9. The van der Waals surface area contributed by atoms with E-state index >= 15 is 0 Å². The molecule has 0 radical (unpaired) electrons. The van der Waals surface area contributed by atoms with Gasteiger partial charge in [0, 0.05) is 11.8 Å². The minimum Gasteiger partial charge on any atom is -0.393 e. The molecule has 1 aliphatic rings. The van der Waals surface area contributed by atoms with Crippen LogP contribution in [0.1, 0.15) is 47.0 Å². The quantitative estimate of drug-likeness (QED) is 0.735. The van der Waals surface area contributed by atoms with E-state index in [2.05, 4.69) is 6.92 Å². The smallest absolute Gasteiger partial charge is 0.139 e. The van der Waals surface area contributed by atoms with E-state index in [9.17, 15) is 9.90 Å². The maximum Gasteiger partial charge on any atom is 0.139 e. The van der Waals surface area contributed by atoms with Crippen molar-refractivity contribution in [2.24, 2.45) is 23.7 Å². The highest BCUT2D eigenvalue weighted by atomic mass is 16.3. The summed E-state index contributed by atoms with van der Waals surface area (Å²) in [6, 6.07) is 0. The Labute approximate surface area is 93.1 Å². The molecule has 2 heteroatoms. The number of carbonyl (C=O) groups is 1. The van der Waals surface area contributed by atoms with Gasteiger partial charge in [-0.3, -0.25) is 4.79 Å². The van der Waals surface area contributed by atoms with Crippen molar-refractivity contribution in [1.82, 2.24) is 0 Å². The molecule has 1 aliphatic carbocycles. The van der Waals surface area contributed by atoms with E-state index in [4.69, 9.17) is 0 Å². The molecule has 0 aliphatic heterocycles. The van der Waals surface area contributed by atoms with Crippen LogP contribution in [0.3, 0.4) is 0 Å². The van der Waals surface area contributed by atoms with E-state index in [1.54, 1.807) is 0 Å². The maximum atomic E-state index is 11.9. The molecule has 2 nitrogen and oxygen atoms in total. The molecule has 1 fully saturated rings. The first-order valence-corrected chi connectivity index (χ1v) is 6.22. The van der Waals surface area contributed by atoms with Gasteiger partial charge >= 0.3 is 0 Å². The molecule has 0 amide bonds. The van der Waals surface area contributed by atoms with Gasteiger partial charge in [0.1, 0.15) is 5.78 Å². The minimum atomic E-state index is -0.320. The van der Waals surface area contributed by atoms with Gasteiger partial charge in [0.05, 0.1) is 6.10 Å². The summed E-state index contributed by atoms with van der Waals surface area (Å²) in [5.74, 6) is 1.31. The van der Waals surface area contributed by atoms with Crippen molar-refractivity contribution in [3.63, 3.8) is 0 Å². The summed E-state index contributed by atoms with van der Waals surface area (Å²) in [6.07, 6.45) is 3.14. The van der Waals surface area contributed by atoms with Crippen LogP contribution in [0.25, 0.3) is 0 Å². The third-order valence-corrected chi connectivity index (χ3v) is 3.58. The lowest BCUT2D eigenvalue weighted by Crippen LogP contribution is -2.14. The van der Waals surface area contributed by atoms with Crippen LogP contribution in [0, 0.1) is 23.7 Å². The fourth-order valence-corrected chi connectivity index (χ4v) is 2.66. The molecule has 88 valence electrons. The Bertz CT molecular complexity index is 221. The Morgan fingerprint density at radius 2 is 1.93 bits per heavy atom. The average Bonchev–Trinajstić information content (AvgIpc) is 2.87. The second-order valence-corrected chi connectivity index (χ2v) is 5.21. The van der Waals surface area contributed by atoms with Crippen molar-refractivity contribution in [1.29, 1.82) is 0 Å². The largest absolute Gasteiger partial charge is 0.393 e. The molecular formula is C13H24O2. The average molecular weight is 212 g/mol. The van der Waals surface area contributed by atoms with E-state index in [1.807, 2.05) is 20.8 Å². The zero-order valence-electron chi connectivity index (χ0n) is 10.4. The van der Waals surface area contributed by atoms with E-state index in [-0.39, 0.29) is 23.9 Å². The van der Waals surface area contributed by atoms with Gasteiger partial charge in [-0.1, -0.05) is 33.6 Å². The molecule has 1 rings (SSSR count). The molecule has 0 saturated heterocycles. The van der Waals surface area contributed by atoms with Crippen molar-refractivity contribution in [3.05, 3.63) is 0 Å². The van der Waals surface area contributed by atoms with Crippen LogP contribution in [0.5, 0.6) is 0 Å². The maximum absolute atomic E-state index is 11.9. The van der Waals surface area contributed by atoms with Gasteiger partial charge in [-0.2, -0.15) is 0 Å². The SMILES string of the molecule is CCCC[C@@H]1[C@@H](C(=O)C(C)C)[C@@H]1[C@@H](C)O. The van der Waals surface area contributed by atoms with Gasteiger partial charge in [0.2, 0.25) is 0 Å². The highest BCUT2D eigenvalue weighted by Crippen LogP contribution is 2.52. The molecule has 1 N–H and O–H groups in total. The summed E-state index contributed by atoms with van der Waals surface area (Å²) in [6.45, 7) is 7.89. The zero-order chi connectivity index (χ0) is 11.6. The van der Waals surface area contributed by atoms with Crippen LogP contribution in [0.15, 0.2) is 0 Å². The molecule has 0 spiro atoms. The predicted octanol–water partition coefficient (Wildman–Crippen LogP) is 2.64. The number of hydrogen-bond donors (Lipinski definition) is 1. The summed E-state index contributed by atoms with van der Waals surface area (Å²) in [7, 11) is 0. The van der Waals surface area contributed by atoms with Crippen LogP contribution in [0.4, 0.5) is 0 Å². The van der Waals surface area contributed by atoms with Crippen molar-refractivity contribution >= 4 is 5.78 Å². The first-order valence-electron chi connectivity index (χ1n) is 6.22. The second-order valence-electron chi connectivity index (χ2n) is 5.21. The number of ketones is 1. The lowest BCUT2D eigenvalue weighted by Gasteiger charge is -2.04. The Morgan fingerprint density at radius 3 is 2.33 bits per heavy atom. The summed E-state index contributed by atoms with van der Waals surface area (Å²) < 4.78 is 0. The van der Waals surface area contributed by atoms with Crippen LogP contribution >= 0.6 is 0 Å². The molecule has 0 unspecified atom stereocenters. The zero-order valence-corrected chi connectivity index (χ0v) is 10.4. The number of hydrogen-bond acceptors (Lipinski definition) is 2. The highest BCUT2D eigenvalue weighted by molar-refractivity contribution is 5.86. The molecule has 15 heavy (non-hydrogen) atoms. The molecular weight excluding hydrogens is 188 g/mol. The monoisotopic (exact) mass is 212 g/mol. The molecule has 0 heterocycles. The first-order chi connectivity index (χ1) is 7.00. The highest BCUT2D eigenvalue weighted by Gasteiger charge is 2.55. The first kappa shape index (κ1) is 12.7. The topological polar surface area (TPSA) is 37.3 Å².